The van der Waals surface area contributed by atoms with Crippen molar-refractivity contribution < 1.29 is 9.84 Å². The molecule has 5 rings (SSSR count). The lowest BCUT2D eigenvalue weighted by molar-refractivity contribution is 0.418. The highest BCUT2D eigenvalue weighted by atomic mass is 16.5. The number of nitrogens with zero attached hydrogens (tertiary/aromatic N) is 1. The fraction of sp³-hybridized carbons (Fsp3) is 0.452. The monoisotopic (exact) mass is 648 g/mol. The number of aromatic nitrogens is 1. The van der Waals surface area contributed by atoms with E-state index in [1.807, 2.05) is 49.4 Å². The largest absolute Gasteiger partial charge is 0.511 e. The van der Waals surface area contributed by atoms with E-state index in [0.717, 1.165) is 30.5 Å². The van der Waals surface area contributed by atoms with Crippen LogP contribution in [0.5, 0.6) is 5.75 Å². The summed E-state index contributed by atoms with van der Waals surface area (Å²) in [5.74, 6) is 0.424. The maximum Gasteiger partial charge on any atom is 0.281 e. The van der Waals surface area contributed by atoms with Crippen LogP contribution in [0.1, 0.15) is 115 Å². The van der Waals surface area contributed by atoms with Crippen molar-refractivity contribution in [3.63, 3.8) is 0 Å². The minimum absolute atomic E-state index is 0.0325. The van der Waals surface area contributed by atoms with Gasteiger partial charge in [0.1, 0.15) is 17.0 Å². The van der Waals surface area contributed by atoms with E-state index in [1.165, 1.54) is 84.2 Å². The number of rotatable bonds is 19. The first-order chi connectivity index (χ1) is 23.4. The molecule has 0 spiro atoms. The van der Waals surface area contributed by atoms with Gasteiger partial charge in [0.2, 0.25) is 0 Å². The summed E-state index contributed by atoms with van der Waals surface area (Å²) in [6.07, 6.45) is 19.3. The average molecular weight is 649 g/mol. The lowest BCUT2D eigenvalue weighted by Crippen LogP contribution is -2.33. The van der Waals surface area contributed by atoms with Crippen LogP contribution >= 0.6 is 0 Å². The van der Waals surface area contributed by atoms with E-state index in [0.29, 0.717) is 50.0 Å². The van der Waals surface area contributed by atoms with Gasteiger partial charge in [0.25, 0.3) is 5.56 Å². The lowest BCUT2D eigenvalue weighted by Gasteiger charge is -2.15. The number of aryl methyl sites for hydroxylation is 1. The third-order valence-electron chi connectivity index (χ3n) is 9.72. The van der Waals surface area contributed by atoms with Gasteiger partial charge in [0.15, 0.2) is 5.43 Å². The van der Waals surface area contributed by atoms with E-state index in [1.54, 1.807) is 12.1 Å². The molecule has 0 saturated carbocycles. The second kappa shape index (κ2) is 17.3. The van der Waals surface area contributed by atoms with Gasteiger partial charge in [-0.25, -0.2) is 4.98 Å². The van der Waals surface area contributed by atoms with E-state index in [-0.39, 0.29) is 16.4 Å². The second-order valence-corrected chi connectivity index (χ2v) is 13.4. The van der Waals surface area contributed by atoms with Gasteiger partial charge >= 0.3 is 0 Å². The molecule has 0 radical (unpaired) electrons. The Balaban J connectivity index is 1.35. The van der Waals surface area contributed by atoms with Crippen molar-refractivity contribution in [2.24, 2.45) is 0 Å². The minimum Gasteiger partial charge on any atom is -0.511 e. The van der Waals surface area contributed by atoms with Crippen molar-refractivity contribution in [1.82, 2.24) is 4.98 Å². The Morgan fingerprint density at radius 3 is 1.90 bits per heavy atom. The van der Waals surface area contributed by atoms with Gasteiger partial charge in [-0.05, 0) is 30.9 Å². The average Bonchev–Trinajstić information content (AvgIpc) is 3.09. The maximum atomic E-state index is 14.1. The van der Waals surface area contributed by atoms with Crippen LogP contribution in [-0.2, 0) is 0 Å². The summed E-state index contributed by atoms with van der Waals surface area (Å²) in [5.41, 5.74) is 2.17. The molecule has 1 aliphatic carbocycles. The summed E-state index contributed by atoms with van der Waals surface area (Å²) < 4.78 is 5.72. The molecule has 0 unspecified atom stereocenters. The Bertz CT molecular complexity index is 2020. The summed E-state index contributed by atoms with van der Waals surface area (Å²) in [7, 11) is 1.53. The van der Waals surface area contributed by atoms with Crippen LogP contribution in [0.4, 0.5) is 11.4 Å². The van der Waals surface area contributed by atoms with Crippen molar-refractivity contribution >= 4 is 38.8 Å². The third kappa shape index (κ3) is 8.26. The number of hydrogen-bond donors (Lipinski definition) is 2. The summed E-state index contributed by atoms with van der Waals surface area (Å²) >= 11 is 0. The van der Waals surface area contributed by atoms with Crippen molar-refractivity contribution in [1.29, 1.82) is 0 Å². The molecule has 1 heterocycles. The fourth-order valence-electron chi connectivity index (χ4n) is 7.03. The standard InChI is InChI=1S/C42H52N2O4/c1-4-5-6-7-8-9-10-11-12-13-14-15-16-17-18-23-34(45)38-36-31-21-19-20-22-32(31)41(46)37-33(43-30-26-24-29(2)25-27-30)28-35(48-3)40(39(36)37)44-42(38)47/h19-22,24-28,43,45H,4-18,23H2,1-3H3/b38-34-. The Morgan fingerprint density at radius 2 is 1.31 bits per heavy atom. The molecule has 254 valence electrons. The molecule has 1 aliphatic heterocycles. The van der Waals surface area contributed by atoms with E-state index in [2.05, 4.69) is 17.2 Å². The molecule has 3 aromatic rings. The molecule has 48 heavy (non-hydrogen) atoms. The number of aliphatic hydroxyl groups excluding tert-OH is 1. The molecular formula is C42H52N2O4. The van der Waals surface area contributed by atoms with Crippen molar-refractivity contribution in [3.05, 3.63) is 96.4 Å². The van der Waals surface area contributed by atoms with Crippen molar-refractivity contribution in [2.45, 2.75) is 117 Å². The van der Waals surface area contributed by atoms with Crippen LogP contribution in [0.3, 0.4) is 0 Å². The van der Waals surface area contributed by atoms with Crippen molar-refractivity contribution in [3.8, 4) is 5.75 Å². The van der Waals surface area contributed by atoms with Gasteiger partial charge in [-0.1, -0.05) is 139 Å². The Morgan fingerprint density at radius 1 is 0.750 bits per heavy atom. The second-order valence-electron chi connectivity index (χ2n) is 13.4. The molecule has 0 saturated heterocycles. The number of methoxy groups -OCH3 is 1. The summed E-state index contributed by atoms with van der Waals surface area (Å²) in [4.78, 5) is 32.2. The van der Waals surface area contributed by atoms with Gasteiger partial charge in [-0.3, -0.25) is 9.59 Å². The van der Waals surface area contributed by atoms with Gasteiger partial charge < -0.3 is 15.2 Å². The molecule has 2 aliphatic rings. The fourth-order valence-corrected chi connectivity index (χ4v) is 7.03. The highest BCUT2D eigenvalue weighted by Crippen LogP contribution is 2.33. The SMILES string of the molecule is CCCCCCCCCCCCCCCCC/C(O)=c1/c(=O)nc2c(OC)cc(Nc3ccc(C)cc3)c3c2=c1c1ccccc1c3=O. The molecule has 0 fully saturated rings. The van der Waals surface area contributed by atoms with Gasteiger partial charge in [0, 0.05) is 34.0 Å². The molecule has 2 N–H and O–H groups in total. The number of benzene rings is 3. The van der Waals surface area contributed by atoms with E-state index in [9.17, 15) is 14.7 Å². The molecule has 6 nitrogen and oxygen atoms in total. The number of unbranched alkanes of at least 4 members (excludes halogenated alkanes) is 14. The molecule has 0 bridgehead atoms. The predicted molar refractivity (Wildman–Crippen MR) is 200 cm³/mol. The van der Waals surface area contributed by atoms with Crippen LogP contribution in [0.25, 0.3) is 27.4 Å². The van der Waals surface area contributed by atoms with Crippen LogP contribution < -0.4 is 26.3 Å². The Kier molecular flexibility index (Phi) is 12.6. The van der Waals surface area contributed by atoms with E-state index in [4.69, 9.17) is 4.74 Å². The zero-order chi connectivity index (χ0) is 33.9. The first kappa shape index (κ1) is 35.1. The molecule has 0 amide bonds. The van der Waals surface area contributed by atoms with Gasteiger partial charge in [0.05, 0.1) is 23.4 Å². The number of hydrogen-bond acceptors (Lipinski definition) is 6. The smallest absolute Gasteiger partial charge is 0.281 e. The van der Waals surface area contributed by atoms with Crippen LogP contribution in [0.2, 0.25) is 0 Å². The quantitative estimate of drug-likeness (QED) is 0.0867. The number of nitrogens with one attached hydrogen (secondary N) is 1. The molecule has 0 atom stereocenters. The maximum absolute atomic E-state index is 14.1. The Hall–Kier alpha value is -4.19. The zero-order valence-electron chi connectivity index (χ0n) is 29.1. The number of aliphatic hydroxyl groups is 1. The normalized spacial score (nSPS) is 12.3. The van der Waals surface area contributed by atoms with Gasteiger partial charge in [-0.15, -0.1) is 0 Å². The van der Waals surface area contributed by atoms with E-state index < -0.39 is 5.56 Å². The number of ether oxygens (including phenoxy) is 1. The number of fused-ring (bicyclic) bond motifs is 2. The molecule has 6 heteroatoms. The molecule has 3 aromatic carbocycles. The third-order valence-corrected chi connectivity index (χ3v) is 9.72. The van der Waals surface area contributed by atoms with Crippen LogP contribution in [0, 0.1) is 17.4 Å². The first-order valence-corrected chi connectivity index (χ1v) is 18.2. The topological polar surface area (TPSA) is 88.5 Å². The Labute approximate surface area is 284 Å². The first-order valence-electron chi connectivity index (χ1n) is 18.2. The predicted octanol–water partition coefficient (Wildman–Crippen LogP) is 9.98. The summed E-state index contributed by atoms with van der Waals surface area (Å²) in [6, 6.07) is 17.0. The zero-order valence-corrected chi connectivity index (χ0v) is 29.1. The van der Waals surface area contributed by atoms with Crippen molar-refractivity contribution in [2.75, 3.05) is 12.4 Å². The van der Waals surface area contributed by atoms with E-state index >= 15 is 0 Å². The van der Waals surface area contributed by atoms with Crippen LogP contribution in [0.15, 0.2) is 64.2 Å². The van der Waals surface area contributed by atoms with Crippen LogP contribution in [-0.4, -0.2) is 17.2 Å². The highest BCUT2D eigenvalue weighted by Gasteiger charge is 2.20. The highest BCUT2D eigenvalue weighted by molar-refractivity contribution is 5.97. The lowest BCUT2D eigenvalue weighted by atomic mass is 9.96. The summed E-state index contributed by atoms with van der Waals surface area (Å²) in [5, 5.41) is 17.7. The minimum atomic E-state index is -0.511. The molecular weight excluding hydrogens is 596 g/mol. The number of anilines is 2. The van der Waals surface area contributed by atoms with Gasteiger partial charge in [-0.2, -0.15) is 0 Å². The molecule has 0 aromatic heterocycles. The summed E-state index contributed by atoms with van der Waals surface area (Å²) in [6.45, 7) is 4.29.